The average molecular weight is 302 g/mol. The Balaban J connectivity index is 1.77. The molecule has 0 unspecified atom stereocenters. The van der Waals surface area contributed by atoms with Gasteiger partial charge in [0, 0.05) is 22.5 Å². The molecule has 1 aromatic heterocycles. The van der Waals surface area contributed by atoms with E-state index in [9.17, 15) is 9.59 Å². The fourth-order valence-electron chi connectivity index (χ4n) is 2.28. The molecule has 0 aliphatic carbocycles. The van der Waals surface area contributed by atoms with Crippen LogP contribution in [-0.4, -0.2) is 17.4 Å². The Morgan fingerprint density at radius 1 is 1.04 bits per heavy atom. The maximum Gasteiger partial charge on any atom is 0.252 e. The van der Waals surface area contributed by atoms with Crippen LogP contribution in [0.25, 0.3) is 10.9 Å². The van der Waals surface area contributed by atoms with Gasteiger partial charge in [-0.15, -0.1) is 0 Å². The number of hydrogen-bond acceptors (Lipinski definition) is 2. The standard InChI is InChI=1S/C19H14N2O2/c22-18-13-16(15-10-4-5-11-17(15)21-18)19(23)20-12-6-9-14-7-2-1-3-8-14/h1-5,7-8,10-11,13H,12H2,(H,20,23)(H,21,22). The summed E-state index contributed by atoms with van der Waals surface area (Å²) < 4.78 is 0. The summed E-state index contributed by atoms with van der Waals surface area (Å²) in [7, 11) is 0. The summed E-state index contributed by atoms with van der Waals surface area (Å²) in [6.07, 6.45) is 0. The number of para-hydroxylation sites is 1. The molecule has 0 aliphatic heterocycles. The minimum Gasteiger partial charge on any atom is -0.341 e. The summed E-state index contributed by atoms with van der Waals surface area (Å²) in [5, 5.41) is 3.43. The van der Waals surface area contributed by atoms with Crippen molar-refractivity contribution in [3.05, 3.63) is 82.1 Å². The van der Waals surface area contributed by atoms with Crippen LogP contribution in [0.3, 0.4) is 0 Å². The van der Waals surface area contributed by atoms with E-state index >= 15 is 0 Å². The fraction of sp³-hybridized carbons (Fsp3) is 0.0526. The number of amides is 1. The van der Waals surface area contributed by atoms with Crippen molar-refractivity contribution in [3.63, 3.8) is 0 Å². The molecule has 0 saturated heterocycles. The third-order valence-corrected chi connectivity index (χ3v) is 3.34. The molecule has 112 valence electrons. The fourth-order valence-corrected chi connectivity index (χ4v) is 2.28. The predicted octanol–water partition coefficient (Wildman–Crippen LogP) is 2.31. The Morgan fingerprint density at radius 2 is 1.78 bits per heavy atom. The highest BCUT2D eigenvalue weighted by molar-refractivity contribution is 6.05. The number of carbonyl (C=O) groups is 1. The number of benzene rings is 2. The number of aromatic amines is 1. The maximum absolute atomic E-state index is 12.3. The van der Waals surface area contributed by atoms with Crippen molar-refractivity contribution in [2.24, 2.45) is 0 Å². The van der Waals surface area contributed by atoms with Crippen LogP contribution in [0.15, 0.2) is 65.5 Å². The Labute approximate surface area is 133 Å². The second-order valence-electron chi connectivity index (χ2n) is 4.94. The summed E-state index contributed by atoms with van der Waals surface area (Å²) in [4.78, 5) is 26.7. The first-order valence-corrected chi connectivity index (χ1v) is 7.18. The second kappa shape index (κ2) is 6.63. The first-order chi connectivity index (χ1) is 11.2. The van der Waals surface area contributed by atoms with E-state index in [4.69, 9.17) is 0 Å². The number of carbonyl (C=O) groups excluding carboxylic acids is 1. The van der Waals surface area contributed by atoms with E-state index in [1.54, 1.807) is 12.1 Å². The van der Waals surface area contributed by atoms with Crippen LogP contribution < -0.4 is 10.9 Å². The largest absolute Gasteiger partial charge is 0.341 e. The number of aromatic nitrogens is 1. The predicted molar refractivity (Wildman–Crippen MR) is 90.2 cm³/mol. The molecule has 2 aromatic carbocycles. The van der Waals surface area contributed by atoms with E-state index in [-0.39, 0.29) is 18.0 Å². The van der Waals surface area contributed by atoms with Crippen LogP contribution in [0, 0.1) is 11.8 Å². The summed E-state index contributed by atoms with van der Waals surface area (Å²) in [5.41, 5.74) is 1.58. The molecule has 0 aliphatic rings. The van der Waals surface area contributed by atoms with Crippen LogP contribution in [0.4, 0.5) is 0 Å². The van der Waals surface area contributed by atoms with Crippen LogP contribution in [0.2, 0.25) is 0 Å². The number of fused-ring (bicyclic) bond motifs is 1. The summed E-state index contributed by atoms with van der Waals surface area (Å²) in [6.45, 7) is 0.217. The van der Waals surface area contributed by atoms with Crippen LogP contribution >= 0.6 is 0 Å². The van der Waals surface area contributed by atoms with Gasteiger partial charge in [0.1, 0.15) is 0 Å². The average Bonchev–Trinajstić information content (AvgIpc) is 2.58. The molecule has 0 atom stereocenters. The van der Waals surface area contributed by atoms with E-state index in [2.05, 4.69) is 22.1 Å². The molecule has 0 saturated carbocycles. The van der Waals surface area contributed by atoms with E-state index in [1.165, 1.54) is 6.07 Å². The van der Waals surface area contributed by atoms with Crippen molar-refractivity contribution in [2.45, 2.75) is 0 Å². The van der Waals surface area contributed by atoms with Gasteiger partial charge >= 0.3 is 0 Å². The quantitative estimate of drug-likeness (QED) is 0.714. The highest BCUT2D eigenvalue weighted by Crippen LogP contribution is 2.14. The topological polar surface area (TPSA) is 62.0 Å². The highest BCUT2D eigenvalue weighted by Gasteiger charge is 2.10. The Morgan fingerprint density at radius 3 is 2.61 bits per heavy atom. The van der Waals surface area contributed by atoms with Gasteiger partial charge in [0.15, 0.2) is 0 Å². The van der Waals surface area contributed by atoms with Gasteiger partial charge < -0.3 is 10.3 Å². The lowest BCUT2D eigenvalue weighted by molar-refractivity contribution is 0.0960. The summed E-state index contributed by atoms with van der Waals surface area (Å²) >= 11 is 0. The second-order valence-corrected chi connectivity index (χ2v) is 4.94. The van der Waals surface area contributed by atoms with Gasteiger partial charge in [0.2, 0.25) is 5.56 Å². The van der Waals surface area contributed by atoms with Gasteiger partial charge in [-0.1, -0.05) is 48.2 Å². The first kappa shape index (κ1) is 14.6. The molecule has 23 heavy (non-hydrogen) atoms. The summed E-state index contributed by atoms with van der Waals surface area (Å²) in [5.74, 6) is 5.55. The molecule has 0 bridgehead atoms. The van der Waals surface area contributed by atoms with Crippen molar-refractivity contribution in [1.82, 2.24) is 10.3 Å². The molecule has 0 radical (unpaired) electrons. The molecule has 1 heterocycles. The molecular weight excluding hydrogens is 288 g/mol. The third kappa shape index (κ3) is 3.47. The monoisotopic (exact) mass is 302 g/mol. The Hall–Kier alpha value is -3.32. The maximum atomic E-state index is 12.3. The number of rotatable bonds is 2. The molecule has 4 nitrogen and oxygen atoms in total. The molecule has 2 N–H and O–H groups in total. The lowest BCUT2D eigenvalue weighted by atomic mass is 10.1. The van der Waals surface area contributed by atoms with Crippen molar-refractivity contribution in [3.8, 4) is 11.8 Å². The Kier molecular flexibility index (Phi) is 4.21. The van der Waals surface area contributed by atoms with Gasteiger partial charge in [0.05, 0.1) is 12.1 Å². The highest BCUT2D eigenvalue weighted by atomic mass is 16.2. The zero-order valence-electron chi connectivity index (χ0n) is 12.3. The van der Waals surface area contributed by atoms with Crippen molar-refractivity contribution < 1.29 is 4.79 Å². The van der Waals surface area contributed by atoms with Gasteiger partial charge in [0.25, 0.3) is 5.91 Å². The number of H-pyrrole nitrogens is 1. The molecule has 0 spiro atoms. The number of nitrogens with one attached hydrogen (secondary N) is 2. The van der Waals surface area contributed by atoms with Crippen molar-refractivity contribution in [2.75, 3.05) is 6.54 Å². The van der Waals surface area contributed by atoms with E-state index in [0.29, 0.717) is 16.5 Å². The van der Waals surface area contributed by atoms with E-state index < -0.39 is 0 Å². The van der Waals surface area contributed by atoms with Crippen molar-refractivity contribution >= 4 is 16.8 Å². The third-order valence-electron chi connectivity index (χ3n) is 3.34. The normalized spacial score (nSPS) is 9.91. The van der Waals surface area contributed by atoms with Gasteiger partial charge in [-0.3, -0.25) is 9.59 Å². The van der Waals surface area contributed by atoms with Gasteiger partial charge in [-0.2, -0.15) is 0 Å². The molecule has 4 heteroatoms. The Bertz CT molecular complexity index is 963. The lowest BCUT2D eigenvalue weighted by Crippen LogP contribution is -2.25. The SMILES string of the molecule is O=C(NCC#Cc1ccccc1)c1cc(=O)[nH]c2ccccc12. The molecule has 1 amide bonds. The lowest BCUT2D eigenvalue weighted by Gasteiger charge is -2.05. The van der Waals surface area contributed by atoms with Crippen molar-refractivity contribution in [1.29, 1.82) is 0 Å². The summed E-state index contributed by atoms with van der Waals surface area (Å²) in [6, 6.07) is 18.1. The van der Waals surface area contributed by atoms with Crippen LogP contribution in [-0.2, 0) is 0 Å². The first-order valence-electron chi connectivity index (χ1n) is 7.18. The van der Waals surface area contributed by atoms with Crippen LogP contribution in [0.5, 0.6) is 0 Å². The van der Waals surface area contributed by atoms with Gasteiger partial charge in [-0.05, 0) is 18.2 Å². The minimum absolute atomic E-state index is 0.217. The minimum atomic E-state index is -0.310. The smallest absolute Gasteiger partial charge is 0.252 e. The van der Waals surface area contributed by atoms with Gasteiger partial charge in [-0.25, -0.2) is 0 Å². The molecule has 3 rings (SSSR count). The van der Waals surface area contributed by atoms with E-state index in [1.807, 2.05) is 42.5 Å². The number of hydrogen-bond donors (Lipinski definition) is 2. The molecular formula is C19H14N2O2. The van der Waals surface area contributed by atoms with Crippen LogP contribution in [0.1, 0.15) is 15.9 Å². The number of pyridine rings is 1. The molecule has 3 aromatic rings. The van der Waals surface area contributed by atoms with E-state index in [0.717, 1.165) is 5.56 Å². The zero-order valence-corrected chi connectivity index (χ0v) is 12.3. The zero-order chi connectivity index (χ0) is 16.1. The molecule has 0 fully saturated rings.